The highest BCUT2D eigenvalue weighted by Crippen LogP contribution is 2.17. The molecule has 0 aliphatic heterocycles. The summed E-state index contributed by atoms with van der Waals surface area (Å²) < 4.78 is 0. The molecule has 8 heteroatoms. The van der Waals surface area contributed by atoms with Gasteiger partial charge in [0.05, 0.1) is 4.92 Å². The van der Waals surface area contributed by atoms with E-state index in [0.717, 1.165) is 6.42 Å². The second kappa shape index (κ2) is 5.91. The lowest BCUT2D eigenvalue weighted by Gasteiger charge is -2.01. The van der Waals surface area contributed by atoms with Crippen LogP contribution in [0.3, 0.4) is 0 Å². The minimum absolute atomic E-state index is 0.0138. The van der Waals surface area contributed by atoms with Crippen molar-refractivity contribution in [2.75, 3.05) is 5.32 Å². The standard InChI is InChI=1S/C12H13N5O3/c1-2-4-10-14-11(16-15-10)12(18)13-8-5-3-6-9(7-8)17(19)20/h3,5-7H,2,4H2,1H3,(H,13,18)(H,14,15,16). The van der Waals surface area contributed by atoms with Crippen LogP contribution in [-0.4, -0.2) is 26.0 Å². The van der Waals surface area contributed by atoms with Crippen molar-refractivity contribution in [2.24, 2.45) is 0 Å². The van der Waals surface area contributed by atoms with Gasteiger partial charge in [-0.25, -0.2) is 4.98 Å². The second-order valence-corrected chi connectivity index (χ2v) is 4.12. The molecule has 20 heavy (non-hydrogen) atoms. The van der Waals surface area contributed by atoms with Crippen molar-refractivity contribution in [3.05, 3.63) is 46.0 Å². The molecule has 0 aliphatic carbocycles. The number of anilines is 1. The highest BCUT2D eigenvalue weighted by atomic mass is 16.6. The number of nitro benzene ring substituents is 1. The van der Waals surface area contributed by atoms with Crippen LogP contribution in [0.1, 0.15) is 29.8 Å². The summed E-state index contributed by atoms with van der Waals surface area (Å²) in [7, 11) is 0. The number of aryl methyl sites for hydroxylation is 1. The molecule has 0 spiro atoms. The number of carbonyl (C=O) groups is 1. The molecule has 1 heterocycles. The van der Waals surface area contributed by atoms with Crippen LogP contribution in [0.5, 0.6) is 0 Å². The fourth-order valence-electron chi connectivity index (χ4n) is 1.63. The van der Waals surface area contributed by atoms with Gasteiger partial charge in [0.25, 0.3) is 11.6 Å². The van der Waals surface area contributed by atoms with Crippen molar-refractivity contribution in [3.8, 4) is 0 Å². The molecule has 2 rings (SSSR count). The Kier molecular flexibility index (Phi) is 4.04. The molecule has 0 unspecified atom stereocenters. The quantitative estimate of drug-likeness (QED) is 0.639. The Morgan fingerprint density at radius 3 is 3.00 bits per heavy atom. The average Bonchev–Trinajstić information content (AvgIpc) is 2.88. The van der Waals surface area contributed by atoms with Crippen molar-refractivity contribution >= 4 is 17.3 Å². The molecule has 2 N–H and O–H groups in total. The smallest absolute Gasteiger partial charge is 0.295 e. The summed E-state index contributed by atoms with van der Waals surface area (Å²) >= 11 is 0. The Morgan fingerprint density at radius 1 is 1.50 bits per heavy atom. The van der Waals surface area contributed by atoms with Crippen molar-refractivity contribution in [3.63, 3.8) is 0 Å². The number of aromatic nitrogens is 3. The number of amides is 1. The number of hydrogen-bond acceptors (Lipinski definition) is 5. The monoisotopic (exact) mass is 275 g/mol. The van der Waals surface area contributed by atoms with E-state index in [1.807, 2.05) is 6.92 Å². The van der Waals surface area contributed by atoms with E-state index in [4.69, 9.17) is 0 Å². The van der Waals surface area contributed by atoms with Gasteiger partial charge in [0.1, 0.15) is 5.82 Å². The Hall–Kier alpha value is -2.77. The summed E-state index contributed by atoms with van der Waals surface area (Å²) in [6, 6.07) is 5.68. The third-order valence-electron chi connectivity index (χ3n) is 2.54. The van der Waals surface area contributed by atoms with Crippen LogP contribution >= 0.6 is 0 Å². The van der Waals surface area contributed by atoms with Crippen LogP contribution in [0.4, 0.5) is 11.4 Å². The van der Waals surface area contributed by atoms with E-state index in [-0.39, 0.29) is 11.5 Å². The van der Waals surface area contributed by atoms with Crippen molar-refractivity contribution in [2.45, 2.75) is 19.8 Å². The first kappa shape index (κ1) is 13.7. The lowest BCUT2D eigenvalue weighted by molar-refractivity contribution is -0.384. The summed E-state index contributed by atoms with van der Waals surface area (Å²) in [5.74, 6) is 0.140. The summed E-state index contributed by atoms with van der Waals surface area (Å²) in [4.78, 5) is 26.0. The van der Waals surface area contributed by atoms with Crippen molar-refractivity contribution in [1.29, 1.82) is 0 Å². The van der Waals surface area contributed by atoms with E-state index >= 15 is 0 Å². The average molecular weight is 275 g/mol. The van der Waals surface area contributed by atoms with Gasteiger partial charge in [-0.1, -0.05) is 13.0 Å². The fraction of sp³-hybridized carbons (Fsp3) is 0.250. The van der Waals surface area contributed by atoms with E-state index < -0.39 is 10.8 Å². The van der Waals surface area contributed by atoms with Crippen LogP contribution in [-0.2, 0) is 6.42 Å². The molecule has 1 aromatic carbocycles. The van der Waals surface area contributed by atoms with E-state index in [1.165, 1.54) is 18.2 Å². The minimum atomic E-state index is -0.526. The fourth-order valence-corrected chi connectivity index (χ4v) is 1.63. The van der Waals surface area contributed by atoms with Crippen LogP contribution in [0, 0.1) is 10.1 Å². The number of rotatable bonds is 5. The molecular formula is C12H13N5O3. The number of benzene rings is 1. The van der Waals surface area contributed by atoms with E-state index in [0.29, 0.717) is 17.9 Å². The van der Waals surface area contributed by atoms with Crippen LogP contribution in [0.25, 0.3) is 0 Å². The Labute approximate surface area is 114 Å². The first-order valence-electron chi connectivity index (χ1n) is 6.07. The number of non-ortho nitro benzene ring substituents is 1. The highest BCUT2D eigenvalue weighted by molar-refractivity contribution is 6.01. The van der Waals surface area contributed by atoms with Crippen LogP contribution < -0.4 is 5.32 Å². The van der Waals surface area contributed by atoms with Gasteiger partial charge < -0.3 is 5.32 Å². The molecule has 0 saturated heterocycles. The molecular weight excluding hydrogens is 262 g/mol. The third-order valence-corrected chi connectivity index (χ3v) is 2.54. The molecule has 104 valence electrons. The minimum Gasteiger partial charge on any atom is -0.319 e. The zero-order valence-corrected chi connectivity index (χ0v) is 10.8. The molecule has 0 bridgehead atoms. The number of nitro groups is 1. The SMILES string of the molecule is CCCc1nc(C(=O)Nc2cccc([N+](=O)[O-])c2)n[nH]1. The van der Waals surface area contributed by atoms with Gasteiger partial charge in [0, 0.05) is 24.2 Å². The Morgan fingerprint density at radius 2 is 2.30 bits per heavy atom. The van der Waals surface area contributed by atoms with E-state index in [1.54, 1.807) is 6.07 Å². The second-order valence-electron chi connectivity index (χ2n) is 4.12. The summed E-state index contributed by atoms with van der Waals surface area (Å²) in [5, 5.41) is 19.6. The zero-order valence-electron chi connectivity index (χ0n) is 10.8. The Bertz CT molecular complexity index is 638. The Balaban J connectivity index is 2.10. The molecule has 0 saturated carbocycles. The van der Waals surface area contributed by atoms with Crippen molar-refractivity contribution in [1.82, 2.24) is 15.2 Å². The van der Waals surface area contributed by atoms with E-state index in [2.05, 4.69) is 20.5 Å². The maximum Gasteiger partial charge on any atom is 0.295 e. The normalized spacial score (nSPS) is 10.2. The molecule has 0 radical (unpaired) electrons. The predicted octanol–water partition coefficient (Wildman–Crippen LogP) is 1.92. The van der Waals surface area contributed by atoms with Gasteiger partial charge >= 0.3 is 0 Å². The summed E-state index contributed by atoms with van der Waals surface area (Å²) in [6.45, 7) is 1.99. The number of hydrogen-bond donors (Lipinski definition) is 2. The van der Waals surface area contributed by atoms with Gasteiger partial charge in [0.15, 0.2) is 0 Å². The molecule has 1 aromatic heterocycles. The van der Waals surface area contributed by atoms with Gasteiger partial charge in [-0.2, -0.15) is 0 Å². The first-order valence-corrected chi connectivity index (χ1v) is 6.07. The summed E-state index contributed by atoms with van der Waals surface area (Å²) in [6.07, 6.45) is 1.60. The molecule has 2 aromatic rings. The first-order chi connectivity index (χ1) is 9.60. The number of nitrogens with zero attached hydrogens (tertiary/aromatic N) is 3. The maximum absolute atomic E-state index is 11.9. The largest absolute Gasteiger partial charge is 0.319 e. The summed E-state index contributed by atoms with van der Waals surface area (Å²) in [5.41, 5.74) is 0.232. The van der Waals surface area contributed by atoms with E-state index in [9.17, 15) is 14.9 Å². The topological polar surface area (TPSA) is 114 Å². The van der Waals surface area contributed by atoms with Gasteiger partial charge in [-0.3, -0.25) is 20.0 Å². The highest BCUT2D eigenvalue weighted by Gasteiger charge is 2.14. The van der Waals surface area contributed by atoms with Crippen LogP contribution in [0.2, 0.25) is 0 Å². The lowest BCUT2D eigenvalue weighted by atomic mass is 10.3. The third kappa shape index (κ3) is 3.16. The molecule has 8 nitrogen and oxygen atoms in total. The molecule has 0 aliphatic rings. The molecule has 1 amide bonds. The van der Waals surface area contributed by atoms with Crippen LogP contribution in [0.15, 0.2) is 24.3 Å². The lowest BCUT2D eigenvalue weighted by Crippen LogP contribution is -2.13. The zero-order chi connectivity index (χ0) is 14.5. The van der Waals surface area contributed by atoms with Gasteiger partial charge in [0.2, 0.25) is 5.82 Å². The number of carbonyl (C=O) groups excluding carboxylic acids is 1. The maximum atomic E-state index is 11.9. The van der Waals surface area contributed by atoms with Gasteiger partial charge in [-0.15, -0.1) is 5.10 Å². The number of aromatic amines is 1. The number of nitrogens with one attached hydrogen (secondary N) is 2. The molecule has 0 fully saturated rings. The number of H-pyrrole nitrogens is 1. The predicted molar refractivity (Wildman–Crippen MR) is 71.4 cm³/mol. The van der Waals surface area contributed by atoms with Gasteiger partial charge in [-0.05, 0) is 12.5 Å². The van der Waals surface area contributed by atoms with Crippen molar-refractivity contribution < 1.29 is 9.72 Å². The molecule has 0 atom stereocenters.